The number of anilines is 2. The number of hydrogen-bond donors (Lipinski definition) is 3. The van der Waals surface area contributed by atoms with Crippen LogP contribution < -0.4 is 16.0 Å². The number of thiocarbonyl (C=S) groups is 1. The fourth-order valence-electron chi connectivity index (χ4n) is 2.57. The van der Waals surface area contributed by atoms with Crippen LogP contribution in [0.25, 0.3) is 0 Å². The third-order valence-electron chi connectivity index (χ3n) is 3.78. The monoisotopic (exact) mass is 375 g/mol. The topological polar surface area (TPSA) is 53.2 Å². The molecule has 0 aromatic heterocycles. The first-order valence-electron chi connectivity index (χ1n) is 7.95. The van der Waals surface area contributed by atoms with Crippen molar-refractivity contribution in [2.45, 2.75) is 27.7 Å². The lowest BCUT2D eigenvalue weighted by Gasteiger charge is -2.14. The first-order valence-corrected chi connectivity index (χ1v) is 8.73. The molecule has 0 fully saturated rings. The standard InChI is InChI=1S/C19H22ClN3OS/c1-11-7-13(3)18(14(4)8-11)23-17(24)10-21-19(25)22-15-6-5-12(2)16(20)9-15/h5-9H,10H2,1-4H3,(H,23,24)(H2,21,22,25). The van der Waals surface area contributed by atoms with Gasteiger partial charge in [0.05, 0.1) is 6.54 Å². The van der Waals surface area contributed by atoms with Crippen LogP contribution in [0.2, 0.25) is 5.02 Å². The minimum Gasteiger partial charge on any atom is -0.353 e. The van der Waals surface area contributed by atoms with Gasteiger partial charge in [-0.1, -0.05) is 35.4 Å². The van der Waals surface area contributed by atoms with E-state index in [-0.39, 0.29) is 12.5 Å². The Bertz CT molecular complexity index is 797. The maximum absolute atomic E-state index is 12.2. The molecule has 0 aliphatic heterocycles. The highest BCUT2D eigenvalue weighted by atomic mass is 35.5. The summed E-state index contributed by atoms with van der Waals surface area (Å²) in [6.07, 6.45) is 0. The van der Waals surface area contributed by atoms with Crippen molar-refractivity contribution in [2.75, 3.05) is 17.2 Å². The minimum absolute atomic E-state index is 0.0815. The predicted octanol–water partition coefficient (Wildman–Crippen LogP) is 4.50. The van der Waals surface area contributed by atoms with E-state index in [2.05, 4.69) is 16.0 Å². The summed E-state index contributed by atoms with van der Waals surface area (Å²) in [7, 11) is 0. The van der Waals surface area contributed by atoms with Crippen molar-refractivity contribution < 1.29 is 4.79 Å². The molecule has 6 heteroatoms. The average molecular weight is 376 g/mol. The van der Waals surface area contributed by atoms with E-state index < -0.39 is 0 Å². The molecule has 4 nitrogen and oxygen atoms in total. The van der Waals surface area contributed by atoms with Crippen LogP contribution in [-0.4, -0.2) is 17.6 Å². The van der Waals surface area contributed by atoms with E-state index in [0.717, 1.165) is 28.1 Å². The molecule has 2 aromatic rings. The van der Waals surface area contributed by atoms with Gasteiger partial charge in [0.1, 0.15) is 0 Å². The normalized spacial score (nSPS) is 10.3. The van der Waals surface area contributed by atoms with Gasteiger partial charge in [-0.3, -0.25) is 4.79 Å². The summed E-state index contributed by atoms with van der Waals surface area (Å²) in [5.74, 6) is -0.152. The molecule has 0 heterocycles. The summed E-state index contributed by atoms with van der Waals surface area (Å²) >= 11 is 11.3. The van der Waals surface area contributed by atoms with Crippen LogP contribution in [0.4, 0.5) is 11.4 Å². The molecule has 3 N–H and O–H groups in total. The smallest absolute Gasteiger partial charge is 0.243 e. The lowest BCUT2D eigenvalue weighted by Crippen LogP contribution is -2.35. The number of halogens is 1. The highest BCUT2D eigenvalue weighted by Crippen LogP contribution is 2.22. The maximum Gasteiger partial charge on any atom is 0.243 e. The van der Waals surface area contributed by atoms with Gasteiger partial charge in [0, 0.05) is 16.4 Å². The van der Waals surface area contributed by atoms with E-state index in [1.54, 1.807) is 6.07 Å². The van der Waals surface area contributed by atoms with Crippen LogP contribution >= 0.6 is 23.8 Å². The Morgan fingerprint density at radius 2 is 1.64 bits per heavy atom. The van der Waals surface area contributed by atoms with Crippen LogP contribution in [0.15, 0.2) is 30.3 Å². The van der Waals surface area contributed by atoms with Gasteiger partial charge in [0.2, 0.25) is 5.91 Å². The summed E-state index contributed by atoms with van der Waals surface area (Å²) in [5, 5.41) is 9.88. The SMILES string of the molecule is Cc1cc(C)c(NC(=O)CNC(=S)Nc2ccc(C)c(Cl)c2)c(C)c1. The number of nitrogens with one attached hydrogen (secondary N) is 3. The molecule has 2 rings (SSSR count). The van der Waals surface area contributed by atoms with Crippen LogP contribution in [0.5, 0.6) is 0 Å². The fraction of sp³-hybridized carbons (Fsp3) is 0.263. The molecule has 0 atom stereocenters. The highest BCUT2D eigenvalue weighted by molar-refractivity contribution is 7.80. The molecule has 0 bridgehead atoms. The van der Waals surface area contributed by atoms with Crippen molar-refractivity contribution in [3.8, 4) is 0 Å². The van der Waals surface area contributed by atoms with Gasteiger partial charge in [0.25, 0.3) is 0 Å². The van der Waals surface area contributed by atoms with Gasteiger partial charge in [-0.05, 0) is 68.7 Å². The van der Waals surface area contributed by atoms with Crippen molar-refractivity contribution in [3.05, 3.63) is 57.6 Å². The van der Waals surface area contributed by atoms with Gasteiger partial charge in [-0.2, -0.15) is 0 Å². The van der Waals surface area contributed by atoms with Crippen molar-refractivity contribution in [1.29, 1.82) is 0 Å². The second-order valence-corrected chi connectivity index (χ2v) is 6.91. The zero-order chi connectivity index (χ0) is 18.6. The zero-order valence-corrected chi connectivity index (χ0v) is 16.4. The third-order valence-corrected chi connectivity index (χ3v) is 4.43. The molecular formula is C19H22ClN3OS. The summed E-state index contributed by atoms with van der Waals surface area (Å²) in [4.78, 5) is 12.2. The number of carbonyl (C=O) groups excluding carboxylic acids is 1. The molecule has 1 amide bonds. The lowest BCUT2D eigenvalue weighted by molar-refractivity contribution is -0.115. The number of aryl methyl sites for hydroxylation is 4. The van der Waals surface area contributed by atoms with E-state index >= 15 is 0 Å². The minimum atomic E-state index is -0.152. The Kier molecular flexibility index (Phi) is 6.39. The Hall–Kier alpha value is -2.11. The van der Waals surface area contributed by atoms with E-state index in [1.165, 1.54) is 5.56 Å². The Labute approximate surface area is 159 Å². The van der Waals surface area contributed by atoms with Crippen molar-refractivity contribution in [2.24, 2.45) is 0 Å². The van der Waals surface area contributed by atoms with Crippen molar-refractivity contribution >= 4 is 46.2 Å². The molecular weight excluding hydrogens is 354 g/mol. The molecule has 0 saturated carbocycles. The number of carbonyl (C=O) groups is 1. The molecule has 132 valence electrons. The zero-order valence-electron chi connectivity index (χ0n) is 14.8. The van der Waals surface area contributed by atoms with Gasteiger partial charge >= 0.3 is 0 Å². The molecule has 0 aliphatic carbocycles. The third kappa shape index (κ3) is 5.44. The largest absolute Gasteiger partial charge is 0.353 e. The van der Waals surface area contributed by atoms with Crippen LogP contribution in [0, 0.1) is 27.7 Å². The molecule has 0 unspecified atom stereocenters. The van der Waals surface area contributed by atoms with Gasteiger partial charge in [-0.25, -0.2) is 0 Å². The quantitative estimate of drug-likeness (QED) is 0.689. The lowest BCUT2D eigenvalue weighted by atomic mass is 10.1. The Morgan fingerprint density at radius 3 is 2.24 bits per heavy atom. The van der Waals surface area contributed by atoms with E-state index in [1.807, 2.05) is 52.0 Å². The van der Waals surface area contributed by atoms with Gasteiger partial charge in [0.15, 0.2) is 5.11 Å². The predicted molar refractivity (Wildman–Crippen MR) is 110 cm³/mol. The highest BCUT2D eigenvalue weighted by Gasteiger charge is 2.09. The molecule has 0 spiro atoms. The van der Waals surface area contributed by atoms with Crippen molar-refractivity contribution in [1.82, 2.24) is 5.32 Å². The molecule has 2 aromatic carbocycles. The van der Waals surface area contributed by atoms with E-state index in [4.69, 9.17) is 23.8 Å². The second-order valence-electron chi connectivity index (χ2n) is 6.09. The Balaban J connectivity index is 1.89. The molecule has 0 radical (unpaired) electrons. The van der Waals surface area contributed by atoms with Gasteiger partial charge in [-0.15, -0.1) is 0 Å². The van der Waals surface area contributed by atoms with Gasteiger partial charge < -0.3 is 16.0 Å². The molecule has 25 heavy (non-hydrogen) atoms. The summed E-state index contributed by atoms with van der Waals surface area (Å²) in [6.45, 7) is 8.02. The number of amides is 1. The number of benzene rings is 2. The van der Waals surface area contributed by atoms with Crippen LogP contribution in [0.1, 0.15) is 22.3 Å². The molecule has 0 saturated heterocycles. The fourth-order valence-corrected chi connectivity index (χ4v) is 2.94. The number of rotatable bonds is 4. The second kappa shape index (κ2) is 8.32. The van der Waals surface area contributed by atoms with Crippen LogP contribution in [0.3, 0.4) is 0 Å². The molecule has 0 aliphatic rings. The van der Waals surface area contributed by atoms with Crippen molar-refractivity contribution in [3.63, 3.8) is 0 Å². The first kappa shape index (κ1) is 19.2. The first-order chi connectivity index (χ1) is 11.8. The summed E-state index contributed by atoms with van der Waals surface area (Å²) in [6, 6.07) is 9.67. The van der Waals surface area contributed by atoms with E-state index in [9.17, 15) is 4.79 Å². The average Bonchev–Trinajstić information content (AvgIpc) is 2.52. The maximum atomic E-state index is 12.2. The number of hydrogen-bond acceptors (Lipinski definition) is 2. The summed E-state index contributed by atoms with van der Waals surface area (Å²) in [5.41, 5.74) is 5.88. The summed E-state index contributed by atoms with van der Waals surface area (Å²) < 4.78 is 0. The van der Waals surface area contributed by atoms with Crippen LogP contribution in [-0.2, 0) is 4.79 Å². The van der Waals surface area contributed by atoms with E-state index in [0.29, 0.717) is 10.1 Å². The Morgan fingerprint density at radius 1 is 1.00 bits per heavy atom.